The summed E-state index contributed by atoms with van der Waals surface area (Å²) >= 11 is 0. The summed E-state index contributed by atoms with van der Waals surface area (Å²) in [6.07, 6.45) is 3.22. The summed E-state index contributed by atoms with van der Waals surface area (Å²) < 4.78 is 1.51. The van der Waals surface area contributed by atoms with Crippen LogP contribution in [0.15, 0.2) is 12.4 Å². The number of carbonyl (C=O) groups is 1. The second-order valence-corrected chi connectivity index (χ2v) is 6.22. The Morgan fingerprint density at radius 1 is 1.39 bits per heavy atom. The first-order valence-electron chi connectivity index (χ1n) is 6.15. The van der Waals surface area contributed by atoms with Gasteiger partial charge in [-0.25, -0.2) is 4.68 Å². The van der Waals surface area contributed by atoms with Crippen molar-refractivity contribution in [2.75, 3.05) is 0 Å². The standard InChI is InChI=1S/C12H21N5O/c1-11(2)9(13)12(3,4)10(11)15-8(18)7-17-6-5-14-16-17/h5-6,9-10H,7,13H2,1-4H3,(H,15,18). The highest BCUT2D eigenvalue weighted by molar-refractivity contribution is 5.76. The van der Waals surface area contributed by atoms with Crippen LogP contribution in [-0.2, 0) is 11.3 Å². The van der Waals surface area contributed by atoms with Crippen LogP contribution in [0.25, 0.3) is 0 Å². The van der Waals surface area contributed by atoms with Crippen LogP contribution >= 0.6 is 0 Å². The van der Waals surface area contributed by atoms with Gasteiger partial charge in [0.1, 0.15) is 6.54 Å². The second kappa shape index (κ2) is 4.05. The van der Waals surface area contributed by atoms with E-state index in [0.29, 0.717) is 0 Å². The fourth-order valence-electron chi connectivity index (χ4n) is 3.22. The minimum atomic E-state index is -0.0818. The van der Waals surface area contributed by atoms with E-state index in [9.17, 15) is 4.79 Å². The minimum Gasteiger partial charge on any atom is -0.351 e. The van der Waals surface area contributed by atoms with E-state index in [4.69, 9.17) is 5.73 Å². The number of hydrogen-bond donors (Lipinski definition) is 2. The lowest BCUT2D eigenvalue weighted by atomic mass is 9.48. The van der Waals surface area contributed by atoms with E-state index in [2.05, 4.69) is 43.3 Å². The SMILES string of the molecule is CC1(C)C(N)C(C)(C)C1NC(=O)Cn1ccnn1. The summed E-state index contributed by atoms with van der Waals surface area (Å²) in [6.45, 7) is 8.54. The van der Waals surface area contributed by atoms with Gasteiger partial charge in [0.2, 0.25) is 5.91 Å². The third kappa shape index (κ3) is 1.90. The monoisotopic (exact) mass is 251 g/mol. The highest BCUT2D eigenvalue weighted by Crippen LogP contribution is 2.52. The maximum absolute atomic E-state index is 12.0. The molecule has 0 atom stereocenters. The number of nitrogens with two attached hydrogens (primary N) is 1. The number of hydrogen-bond acceptors (Lipinski definition) is 4. The highest BCUT2D eigenvalue weighted by atomic mass is 16.2. The molecule has 0 aromatic carbocycles. The Bertz CT molecular complexity index is 421. The van der Waals surface area contributed by atoms with Crippen LogP contribution in [0, 0.1) is 10.8 Å². The van der Waals surface area contributed by atoms with Crippen molar-refractivity contribution in [2.24, 2.45) is 16.6 Å². The van der Waals surface area contributed by atoms with E-state index in [-0.39, 0.29) is 35.4 Å². The predicted octanol–water partition coefficient (Wildman–Crippen LogP) is 0.156. The highest BCUT2D eigenvalue weighted by Gasteiger charge is 2.60. The zero-order valence-electron chi connectivity index (χ0n) is 11.3. The van der Waals surface area contributed by atoms with Gasteiger partial charge in [-0.05, 0) is 0 Å². The second-order valence-electron chi connectivity index (χ2n) is 6.22. The molecule has 0 radical (unpaired) electrons. The molecular weight excluding hydrogens is 230 g/mol. The number of nitrogens with one attached hydrogen (secondary N) is 1. The maximum Gasteiger partial charge on any atom is 0.242 e. The van der Waals surface area contributed by atoms with Crippen molar-refractivity contribution < 1.29 is 4.79 Å². The molecule has 0 saturated heterocycles. The molecule has 18 heavy (non-hydrogen) atoms. The van der Waals surface area contributed by atoms with Crippen LogP contribution in [0.4, 0.5) is 0 Å². The van der Waals surface area contributed by atoms with Gasteiger partial charge in [0, 0.05) is 29.1 Å². The van der Waals surface area contributed by atoms with Crippen LogP contribution in [0.2, 0.25) is 0 Å². The quantitative estimate of drug-likeness (QED) is 0.801. The van der Waals surface area contributed by atoms with Crippen LogP contribution in [0.3, 0.4) is 0 Å². The first kappa shape index (κ1) is 13.0. The lowest BCUT2D eigenvalue weighted by Gasteiger charge is -2.62. The molecule has 1 aromatic heterocycles. The van der Waals surface area contributed by atoms with Gasteiger partial charge in [-0.15, -0.1) is 5.10 Å². The minimum absolute atomic E-state index is 0.0569. The summed E-state index contributed by atoms with van der Waals surface area (Å²) in [6, 6.07) is 0.165. The molecule has 100 valence electrons. The van der Waals surface area contributed by atoms with Crippen molar-refractivity contribution in [3.8, 4) is 0 Å². The molecule has 3 N–H and O–H groups in total. The molecule has 1 aliphatic rings. The Hall–Kier alpha value is -1.43. The maximum atomic E-state index is 12.0. The normalized spacial score (nSPS) is 28.5. The Balaban J connectivity index is 1.99. The summed E-state index contributed by atoms with van der Waals surface area (Å²) in [5.74, 6) is -0.0569. The van der Waals surface area contributed by atoms with E-state index in [1.807, 2.05) is 0 Å². The lowest BCUT2D eigenvalue weighted by Crippen LogP contribution is -2.76. The smallest absolute Gasteiger partial charge is 0.242 e. The third-order valence-electron chi connectivity index (χ3n) is 4.17. The molecular formula is C12H21N5O. The van der Waals surface area contributed by atoms with Gasteiger partial charge in [-0.3, -0.25) is 4.79 Å². The van der Waals surface area contributed by atoms with Crippen molar-refractivity contribution in [3.05, 3.63) is 12.4 Å². The van der Waals surface area contributed by atoms with Gasteiger partial charge in [0.15, 0.2) is 0 Å². The average Bonchev–Trinajstić information content (AvgIpc) is 2.77. The van der Waals surface area contributed by atoms with E-state index < -0.39 is 0 Å². The molecule has 1 amide bonds. The predicted molar refractivity (Wildman–Crippen MR) is 67.5 cm³/mol. The van der Waals surface area contributed by atoms with Crippen molar-refractivity contribution >= 4 is 5.91 Å². The Labute approximate surface area is 107 Å². The van der Waals surface area contributed by atoms with Gasteiger partial charge in [-0.1, -0.05) is 32.9 Å². The number of nitrogens with zero attached hydrogens (tertiary/aromatic N) is 3. The molecule has 1 aromatic rings. The average molecular weight is 251 g/mol. The molecule has 1 saturated carbocycles. The summed E-state index contributed by atoms with van der Waals surface area (Å²) in [5, 5.41) is 10.5. The van der Waals surface area contributed by atoms with E-state index in [0.717, 1.165) is 0 Å². The van der Waals surface area contributed by atoms with Crippen molar-refractivity contribution in [1.29, 1.82) is 0 Å². The van der Waals surface area contributed by atoms with E-state index >= 15 is 0 Å². The third-order valence-corrected chi connectivity index (χ3v) is 4.17. The molecule has 2 rings (SSSR count). The molecule has 0 spiro atoms. The molecule has 6 heteroatoms. The topological polar surface area (TPSA) is 85.8 Å². The number of carbonyl (C=O) groups excluding carboxylic acids is 1. The largest absolute Gasteiger partial charge is 0.351 e. The zero-order chi connectivity index (χ0) is 13.6. The van der Waals surface area contributed by atoms with Gasteiger partial charge < -0.3 is 11.1 Å². The first-order chi connectivity index (χ1) is 8.26. The molecule has 0 unspecified atom stereocenters. The van der Waals surface area contributed by atoms with Crippen molar-refractivity contribution in [2.45, 2.75) is 46.3 Å². The van der Waals surface area contributed by atoms with Crippen LogP contribution < -0.4 is 11.1 Å². The molecule has 1 heterocycles. The molecule has 1 aliphatic carbocycles. The van der Waals surface area contributed by atoms with Crippen molar-refractivity contribution in [1.82, 2.24) is 20.3 Å². The summed E-state index contributed by atoms with van der Waals surface area (Å²) in [5.41, 5.74) is 5.99. The van der Waals surface area contributed by atoms with Crippen LogP contribution in [-0.4, -0.2) is 33.0 Å². The van der Waals surface area contributed by atoms with Crippen LogP contribution in [0.5, 0.6) is 0 Å². The van der Waals surface area contributed by atoms with Crippen LogP contribution in [0.1, 0.15) is 27.7 Å². The number of amides is 1. The van der Waals surface area contributed by atoms with Gasteiger partial charge in [0.25, 0.3) is 0 Å². The first-order valence-corrected chi connectivity index (χ1v) is 6.15. The Morgan fingerprint density at radius 3 is 2.50 bits per heavy atom. The van der Waals surface area contributed by atoms with Gasteiger partial charge in [0.05, 0.1) is 6.20 Å². The number of rotatable bonds is 3. The molecule has 1 fully saturated rings. The fourth-order valence-corrected chi connectivity index (χ4v) is 3.22. The van der Waals surface area contributed by atoms with Crippen molar-refractivity contribution in [3.63, 3.8) is 0 Å². The zero-order valence-corrected chi connectivity index (χ0v) is 11.3. The number of aromatic nitrogens is 3. The summed E-state index contributed by atoms with van der Waals surface area (Å²) in [4.78, 5) is 12.0. The van der Waals surface area contributed by atoms with Gasteiger partial charge in [-0.2, -0.15) is 0 Å². The molecule has 0 bridgehead atoms. The molecule has 6 nitrogen and oxygen atoms in total. The lowest BCUT2D eigenvalue weighted by molar-refractivity contribution is -0.132. The fraction of sp³-hybridized carbons (Fsp3) is 0.750. The van der Waals surface area contributed by atoms with Gasteiger partial charge >= 0.3 is 0 Å². The Morgan fingerprint density at radius 2 is 2.00 bits per heavy atom. The molecule has 0 aliphatic heterocycles. The van der Waals surface area contributed by atoms with E-state index in [1.54, 1.807) is 12.4 Å². The Kier molecular flexibility index (Phi) is 2.93. The summed E-state index contributed by atoms with van der Waals surface area (Å²) in [7, 11) is 0. The van der Waals surface area contributed by atoms with E-state index in [1.165, 1.54) is 4.68 Å².